The van der Waals surface area contributed by atoms with E-state index in [9.17, 15) is 4.79 Å². The maximum absolute atomic E-state index is 12.0. The first-order chi connectivity index (χ1) is 9.22. The number of benzene rings is 2. The average Bonchev–Trinajstić information content (AvgIpc) is 2.79. The molecule has 3 nitrogen and oxygen atoms in total. The van der Waals surface area contributed by atoms with E-state index < -0.39 is 0 Å². The van der Waals surface area contributed by atoms with Crippen molar-refractivity contribution in [3.63, 3.8) is 0 Å². The minimum absolute atomic E-state index is 0.105. The Kier molecular flexibility index (Phi) is 3.01. The third-order valence-electron chi connectivity index (χ3n) is 2.79. The molecular formula is C15H12N2OS. The molecule has 0 radical (unpaired) electrons. The highest BCUT2D eigenvalue weighted by atomic mass is 32.1. The lowest BCUT2D eigenvalue weighted by molar-refractivity contribution is 0.102. The summed E-state index contributed by atoms with van der Waals surface area (Å²) in [5.41, 5.74) is 2.34. The smallest absolute Gasteiger partial charge is 0.255 e. The molecule has 1 amide bonds. The van der Waals surface area contributed by atoms with E-state index in [2.05, 4.69) is 10.3 Å². The van der Waals surface area contributed by atoms with Gasteiger partial charge in [0.25, 0.3) is 5.91 Å². The lowest BCUT2D eigenvalue weighted by atomic mass is 10.2. The molecule has 0 aliphatic heterocycles. The van der Waals surface area contributed by atoms with Crippen molar-refractivity contribution in [1.29, 1.82) is 0 Å². The molecular weight excluding hydrogens is 256 g/mol. The van der Waals surface area contributed by atoms with E-state index in [4.69, 9.17) is 0 Å². The van der Waals surface area contributed by atoms with Crippen LogP contribution in [0.4, 0.5) is 5.69 Å². The summed E-state index contributed by atoms with van der Waals surface area (Å²) >= 11 is 1.65. The van der Waals surface area contributed by atoms with Crippen LogP contribution < -0.4 is 5.32 Å². The number of thiazole rings is 1. The Hall–Kier alpha value is -2.20. The summed E-state index contributed by atoms with van der Waals surface area (Å²) in [7, 11) is 0. The second-order valence-corrected chi connectivity index (χ2v) is 5.47. The predicted octanol–water partition coefficient (Wildman–Crippen LogP) is 3.86. The zero-order chi connectivity index (χ0) is 13.2. The quantitative estimate of drug-likeness (QED) is 0.767. The lowest BCUT2D eigenvalue weighted by Gasteiger charge is -2.04. The van der Waals surface area contributed by atoms with Crippen molar-refractivity contribution in [3.05, 3.63) is 59.1 Å². The van der Waals surface area contributed by atoms with E-state index in [0.717, 1.165) is 20.9 Å². The van der Waals surface area contributed by atoms with Gasteiger partial charge in [-0.05, 0) is 37.3 Å². The van der Waals surface area contributed by atoms with Crippen LogP contribution >= 0.6 is 11.3 Å². The van der Waals surface area contributed by atoms with Gasteiger partial charge in [-0.15, -0.1) is 11.3 Å². The number of carbonyl (C=O) groups excluding carboxylic acids is 1. The third kappa shape index (κ3) is 2.48. The summed E-state index contributed by atoms with van der Waals surface area (Å²) in [6.07, 6.45) is 0. The zero-order valence-corrected chi connectivity index (χ0v) is 11.2. The van der Waals surface area contributed by atoms with Crippen LogP contribution in [0.2, 0.25) is 0 Å². The summed E-state index contributed by atoms with van der Waals surface area (Å²) in [6.45, 7) is 1.98. The molecule has 0 unspecified atom stereocenters. The standard InChI is InChI=1S/C15H12N2OS/c1-10-16-13-9-12(7-8-14(13)19-10)17-15(18)11-5-3-2-4-6-11/h2-9H,1H3,(H,17,18). The Balaban J connectivity index is 1.87. The van der Waals surface area contributed by atoms with E-state index >= 15 is 0 Å². The van der Waals surface area contributed by atoms with Gasteiger partial charge in [0.2, 0.25) is 0 Å². The number of hydrogen-bond donors (Lipinski definition) is 1. The van der Waals surface area contributed by atoms with Crippen molar-refractivity contribution in [3.8, 4) is 0 Å². The number of nitrogens with zero attached hydrogens (tertiary/aromatic N) is 1. The van der Waals surface area contributed by atoms with Crippen molar-refractivity contribution in [2.45, 2.75) is 6.92 Å². The molecule has 2 aromatic carbocycles. The van der Waals surface area contributed by atoms with E-state index in [1.807, 2.05) is 43.3 Å². The van der Waals surface area contributed by atoms with Gasteiger partial charge in [0.15, 0.2) is 0 Å². The van der Waals surface area contributed by atoms with E-state index in [0.29, 0.717) is 5.56 Å². The van der Waals surface area contributed by atoms with E-state index in [-0.39, 0.29) is 5.91 Å². The molecule has 1 heterocycles. The van der Waals surface area contributed by atoms with Crippen molar-refractivity contribution >= 4 is 33.1 Å². The number of nitrogens with one attached hydrogen (secondary N) is 1. The monoisotopic (exact) mass is 268 g/mol. The van der Waals surface area contributed by atoms with Gasteiger partial charge < -0.3 is 5.32 Å². The van der Waals surface area contributed by atoms with Crippen LogP contribution in [-0.2, 0) is 0 Å². The van der Waals surface area contributed by atoms with Crippen molar-refractivity contribution < 1.29 is 4.79 Å². The number of hydrogen-bond acceptors (Lipinski definition) is 3. The molecule has 3 rings (SSSR count). The van der Waals surface area contributed by atoms with Crippen molar-refractivity contribution in [2.24, 2.45) is 0 Å². The molecule has 19 heavy (non-hydrogen) atoms. The van der Waals surface area contributed by atoms with Crippen LogP contribution in [-0.4, -0.2) is 10.9 Å². The van der Waals surface area contributed by atoms with Gasteiger partial charge in [0, 0.05) is 11.3 Å². The minimum Gasteiger partial charge on any atom is -0.322 e. The van der Waals surface area contributed by atoms with Gasteiger partial charge in [-0.25, -0.2) is 4.98 Å². The van der Waals surface area contributed by atoms with Gasteiger partial charge >= 0.3 is 0 Å². The average molecular weight is 268 g/mol. The second kappa shape index (κ2) is 4.82. The first-order valence-corrected chi connectivity index (χ1v) is 6.77. The number of aromatic nitrogens is 1. The Morgan fingerprint density at radius 2 is 1.95 bits per heavy atom. The first kappa shape index (κ1) is 11.9. The highest BCUT2D eigenvalue weighted by Gasteiger charge is 2.06. The first-order valence-electron chi connectivity index (χ1n) is 5.96. The fourth-order valence-electron chi connectivity index (χ4n) is 1.91. The molecule has 0 aliphatic carbocycles. The van der Waals surface area contributed by atoms with Gasteiger partial charge in [-0.2, -0.15) is 0 Å². The molecule has 0 atom stereocenters. The zero-order valence-electron chi connectivity index (χ0n) is 10.4. The number of aryl methyl sites for hydroxylation is 1. The normalized spacial score (nSPS) is 10.6. The Bertz CT molecular complexity index is 734. The van der Waals surface area contributed by atoms with Gasteiger partial charge in [0.05, 0.1) is 15.2 Å². The third-order valence-corrected chi connectivity index (χ3v) is 3.74. The summed E-state index contributed by atoms with van der Waals surface area (Å²) in [5.74, 6) is -0.105. The summed E-state index contributed by atoms with van der Waals surface area (Å²) in [6, 6.07) is 15.0. The van der Waals surface area contributed by atoms with Crippen LogP contribution in [0.1, 0.15) is 15.4 Å². The molecule has 1 N–H and O–H groups in total. The molecule has 0 saturated carbocycles. The molecule has 0 aliphatic rings. The number of rotatable bonds is 2. The molecule has 0 spiro atoms. The SMILES string of the molecule is Cc1nc2cc(NC(=O)c3ccccc3)ccc2s1. The molecule has 1 aromatic heterocycles. The molecule has 0 saturated heterocycles. The number of anilines is 1. The van der Waals surface area contributed by atoms with Gasteiger partial charge in [-0.3, -0.25) is 4.79 Å². The minimum atomic E-state index is -0.105. The Morgan fingerprint density at radius 3 is 2.74 bits per heavy atom. The van der Waals surface area contributed by atoms with Crippen LogP contribution in [0, 0.1) is 6.92 Å². The summed E-state index contributed by atoms with van der Waals surface area (Å²) < 4.78 is 1.13. The fraction of sp³-hybridized carbons (Fsp3) is 0.0667. The van der Waals surface area contributed by atoms with Gasteiger partial charge in [-0.1, -0.05) is 18.2 Å². The maximum atomic E-state index is 12.0. The Labute approximate surface area is 114 Å². The largest absolute Gasteiger partial charge is 0.322 e. The highest BCUT2D eigenvalue weighted by molar-refractivity contribution is 7.18. The molecule has 0 fully saturated rings. The number of amides is 1. The van der Waals surface area contributed by atoms with Crippen molar-refractivity contribution in [1.82, 2.24) is 4.98 Å². The number of fused-ring (bicyclic) bond motifs is 1. The topological polar surface area (TPSA) is 42.0 Å². The van der Waals surface area contributed by atoms with Crippen LogP contribution in [0.5, 0.6) is 0 Å². The molecule has 0 bridgehead atoms. The highest BCUT2D eigenvalue weighted by Crippen LogP contribution is 2.24. The van der Waals surface area contributed by atoms with Gasteiger partial charge in [0.1, 0.15) is 0 Å². The predicted molar refractivity (Wildman–Crippen MR) is 78.8 cm³/mol. The Morgan fingerprint density at radius 1 is 1.16 bits per heavy atom. The number of carbonyl (C=O) groups is 1. The molecule has 94 valence electrons. The summed E-state index contributed by atoms with van der Waals surface area (Å²) in [5, 5.41) is 3.91. The van der Waals surface area contributed by atoms with E-state index in [1.165, 1.54) is 0 Å². The molecule has 4 heteroatoms. The summed E-state index contributed by atoms with van der Waals surface area (Å²) in [4.78, 5) is 16.4. The maximum Gasteiger partial charge on any atom is 0.255 e. The fourth-order valence-corrected chi connectivity index (χ4v) is 2.72. The van der Waals surface area contributed by atoms with Crippen molar-refractivity contribution in [2.75, 3.05) is 5.32 Å². The van der Waals surface area contributed by atoms with Crippen LogP contribution in [0.25, 0.3) is 10.2 Å². The van der Waals surface area contributed by atoms with Crippen LogP contribution in [0.15, 0.2) is 48.5 Å². The second-order valence-electron chi connectivity index (χ2n) is 4.24. The van der Waals surface area contributed by atoms with Crippen LogP contribution in [0.3, 0.4) is 0 Å². The molecule has 3 aromatic rings. The van der Waals surface area contributed by atoms with E-state index in [1.54, 1.807) is 23.5 Å². The lowest BCUT2D eigenvalue weighted by Crippen LogP contribution is -2.11.